The maximum atomic E-state index is 13.4. The normalized spacial score (nSPS) is 16.1. The molecule has 0 spiro atoms. The fourth-order valence-electron chi connectivity index (χ4n) is 3.56. The molecule has 2 N–H and O–H groups in total. The Labute approximate surface area is 155 Å². The maximum absolute atomic E-state index is 13.4. The second kappa shape index (κ2) is 6.83. The fourth-order valence-corrected chi connectivity index (χ4v) is 3.56. The number of nitrogens with zero attached hydrogens (tertiary/aromatic N) is 2. The van der Waals surface area contributed by atoms with E-state index in [1.165, 1.54) is 12.1 Å². The van der Waals surface area contributed by atoms with Crippen LogP contribution in [0.4, 0.5) is 10.1 Å². The Kier molecular flexibility index (Phi) is 4.35. The molecule has 2 amide bonds. The lowest BCUT2D eigenvalue weighted by molar-refractivity contribution is -0.126. The van der Waals surface area contributed by atoms with Crippen LogP contribution in [0.5, 0.6) is 0 Å². The molecule has 0 aliphatic carbocycles. The molecule has 1 aromatic heterocycles. The zero-order valence-electron chi connectivity index (χ0n) is 14.8. The Bertz CT molecular complexity index is 1040. The Balaban J connectivity index is 1.47. The number of carbonyl (C=O) groups excluding carboxylic acids is 2. The number of hydrogen-bond donors (Lipinski definition) is 2. The van der Waals surface area contributed by atoms with Gasteiger partial charge >= 0.3 is 0 Å². The number of anilines is 1. The second-order valence-corrected chi connectivity index (χ2v) is 6.63. The summed E-state index contributed by atoms with van der Waals surface area (Å²) in [4.78, 5) is 29.0. The van der Waals surface area contributed by atoms with Gasteiger partial charge in [0.2, 0.25) is 11.8 Å². The molecular formula is C20H19FN4O2. The minimum absolute atomic E-state index is 0.0531. The molecule has 3 aromatic rings. The maximum Gasteiger partial charge on any atom is 0.228 e. The van der Waals surface area contributed by atoms with Crippen molar-refractivity contribution in [1.82, 2.24) is 14.9 Å². The third-order valence-corrected chi connectivity index (χ3v) is 4.85. The van der Waals surface area contributed by atoms with Crippen LogP contribution in [0.25, 0.3) is 11.0 Å². The number of nitrogens with one attached hydrogen (secondary N) is 2. The standard InChI is InChI=1S/C20H19FN4O2/c1-12-23-16-4-2-3-5-18(16)25(12)9-8-22-20(27)15-11-19(26)24-17-10-13(21)6-7-14(15)17/h2-7,10,15H,8-9,11H2,1H3,(H,22,27)(H,24,26). The van der Waals surface area contributed by atoms with Crippen molar-refractivity contribution < 1.29 is 14.0 Å². The summed E-state index contributed by atoms with van der Waals surface area (Å²) in [6.07, 6.45) is 0.0531. The molecule has 27 heavy (non-hydrogen) atoms. The number of hydrogen-bond acceptors (Lipinski definition) is 3. The molecule has 0 radical (unpaired) electrons. The smallest absolute Gasteiger partial charge is 0.228 e. The highest BCUT2D eigenvalue weighted by Gasteiger charge is 2.30. The second-order valence-electron chi connectivity index (χ2n) is 6.63. The summed E-state index contributed by atoms with van der Waals surface area (Å²) in [6.45, 7) is 2.92. The van der Waals surface area contributed by atoms with Gasteiger partial charge in [-0.2, -0.15) is 0 Å². The summed E-state index contributed by atoms with van der Waals surface area (Å²) in [5.41, 5.74) is 2.93. The van der Waals surface area contributed by atoms with Crippen molar-refractivity contribution in [1.29, 1.82) is 0 Å². The average molecular weight is 366 g/mol. The van der Waals surface area contributed by atoms with E-state index < -0.39 is 11.7 Å². The first kappa shape index (κ1) is 17.2. The van der Waals surface area contributed by atoms with Gasteiger partial charge < -0.3 is 15.2 Å². The van der Waals surface area contributed by atoms with Crippen LogP contribution in [0.15, 0.2) is 42.5 Å². The van der Waals surface area contributed by atoms with Crippen molar-refractivity contribution in [2.24, 2.45) is 0 Å². The zero-order valence-corrected chi connectivity index (χ0v) is 14.8. The van der Waals surface area contributed by atoms with Gasteiger partial charge in [0.1, 0.15) is 11.6 Å². The Hall–Kier alpha value is -3.22. The van der Waals surface area contributed by atoms with E-state index in [1.54, 1.807) is 6.07 Å². The number of rotatable bonds is 4. The van der Waals surface area contributed by atoms with Gasteiger partial charge in [-0.1, -0.05) is 18.2 Å². The summed E-state index contributed by atoms with van der Waals surface area (Å²) in [7, 11) is 0. The number of aryl methyl sites for hydroxylation is 1. The number of carbonyl (C=O) groups is 2. The predicted molar refractivity (Wildman–Crippen MR) is 99.9 cm³/mol. The van der Waals surface area contributed by atoms with E-state index in [9.17, 15) is 14.0 Å². The lowest BCUT2D eigenvalue weighted by Gasteiger charge is -2.25. The van der Waals surface area contributed by atoms with Crippen LogP contribution in [0, 0.1) is 12.7 Å². The third kappa shape index (κ3) is 3.28. The lowest BCUT2D eigenvalue weighted by atomic mass is 9.89. The van der Waals surface area contributed by atoms with Gasteiger partial charge in [-0.05, 0) is 36.8 Å². The number of aromatic nitrogens is 2. The van der Waals surface area contributed by atoms with E-state index >= 15 is 0 Å². The molecule has 7 heteroatoms. The van der Waals surface area contributed by atoms with Crippen LogP contribution < -0.4 is 10.6 Å². The van der Waals surface area contributed by atoms with Crippen molar-refractivity contribution >= 4 is 28.5 Å². The molecule has 1 atom stereocenters. The van der Waals surface area contributed by atoms with E-state index in [0.29, 0.717) is 24.3 Å². The molecule has 0 saturated carbocycles. The number of amides is 2. The van der Waals surface area contributed by atoms with Crippen LogP contribution >= 0.6 is 0 Å². The van der Waals surface area contributed by atoms with Gasteiger partial charge in [-0.15, -0.1) is 0 Å². The monoisotopic (exact) mass is 366 g/mol. The van der Waals surface area contributed by atoms with Crippen LogP contribution in [0.1, 0.15) is 23.7 Å². The highest BCUT2D eigenvalue weighted by Crippen LogP contribution is 2.32. The molecule has 1 unspecified atom stereocenters. The summed E-state index contributed by atoms with van der Waals surface area (Å²) < 4.78 is 15.5. The highest BCUT2D eigenvalue weighted by molar-refractivity contribution is 6.01. The number of halogens is 1. The molecule has 2 aromatic carbocycles. The van der Waals surface area contributed by atoms with Crippen LogP contribution in [-0.2, 0) is 16.1 Å². The minimum atomic E-state index is -0.616. The van der Waals surface area contributed by atoms with E-state index in [-0.39, 0.29) is 18.2 Å². The summed E-state index contributed by atoms with van der Waals surface area (Å²) in [6, 6.07) is 11.9. The van der Waals surface area contributed by atoms with E-state index in [4.69, 9.17) is 0 Å². The average Bonchev–Trinajstić information content (AvgIpc) is 2.96. The Morgan fingerprint density at radius 2 is 2.15 bits per heavy atom. The van der Waals surface area contributed by atoms with E-state index in [1.807, 2.05) is 35.8 Å². The van der Waals surface area contributed by atoms with Crippen LogP contribution in [-0.4, -0.2) is 27.9 Å². The molecule has 6 nitrogen and oxygen atoms in total. The highest BCUT2D eigenvalue weighted by atomic mass is 19.1. The Morgan fingerprint density at radius 3 is 3.00 bits per heavy atom. The van der Waals surface area contributed by atoms with Crippen molar-refractivity contribution in [2.45, 2.75) is 25.8 Å². The van der Waals surface area contributed by atoms with Gasteiger partial charge in [0.05, 0.1) is 17.0 Å². The molecule has 4 rings (SSSR count). The van der Waals surface area contributed by atoms with Crippen LogP contribution in [0.2, 0.25) is 0 Å². The summed E-state index contributed by atoms with van der Waals surface area (Å²) in [5.74, 6) is -0.708. The van der Waals surface area contributed by atoms with E-state index in [0.717, 1.165) is 16.9 Å². The van der Waals surface area contributed by atoms with Crippen molar-refractivity contribution in [3.05, 3.63) is 59.7 Å². The summed E-state index contributed by atoms with van der Waals surface area (Å²) in [5, 5.41) is 5.52. The first-order valence-electron chi connectivity index (χ1n) is 8.82. The van der Waals surface area contributed by atoms with Gasteiger partial charge in [0.25, 0.3) is 0 Å². The molecule has 0 fully saturated rings. The number of para-hydroxylation sites is 2. The molecule has 0 bridgehead atoms. The van der Waals surface area contributed by atoms with Crippen LogP contribution in [0.3, 0.4) is 0 Å². The first-order chi connectivity index (χ1) is 13.0. The molecule has 2 heterocycles. The Morgan fingerprint density at radius 1 is 1.33 bits per heavy atom. The number of fused-ring (bicyclic) bond motifs is 2. The minimum Gasteiger partial charge on any atom is -0.354 e. The van der Waals surface area contributed by atoms with Gasteiger partial charge in [0.15, 0.2) is 0 Å². The number of imidazole rings is 1. The van der Waals surface area contributed by atoms with Crippen molar-refractivity contribution in [3.8, 4) is 0 Å². The molecule has 1 aliphatic heterocycles. The molecule has 0 saturated heterocycles. The van der Waals surface area contributed by atoms with Gasteiger partial charge in [-0.25, -0.2) is 9.37 Å². The van der Waals surface area contributed by atoms with Crippen molar-refractivity contribution in [3.63, 3.8) is 0 Å². The largest absolute Gasteiger partial charge is 0.354 e. The number of benzene rings is 2. The summed E-state index contributed by atoms with van der Waals surface area (Å²) >= 11 is 0. The SMILES string of the molecule is Cc1nc2ccccc2n1CCNC(=O)C1CC(=O)Nc2cc(F)ccc21. The quantitative estimate of drug-likeness (QED) is 0.745. The van der Waals surface area contributed by atoms with Crippen molar-refractivity contribution in [2.75, 3.05) is 11.9 Å². The van der Waals surface area contributed by atoms with Gasteiger partial charge in [0, 0.05) is 25.2 Å². The molecular weight excluding hydrogens is 347 g/mol. The molecule has 1 aliphatic rings. The van der Waals surface area contributed by atoms with E-state index in [2.05, 4.69) is 15.6 Å². The first-order valence-corrected chi connectivity index (χ1v) is 8.82. The predicted octanol–water partition coefficient (Wildman–Crippen LogP) is 2.73. The zero-order chi connectivity index (χ0) is 19.0. The topological polar surface area (TPSA) is 76.0 Å². The fraction of sp³-hybridized carbons (Fsp3) is 0.250. The van der Waals surface area contributed by atoms with Gasteiger partial charge in [-0.3, -0.25) is 9.59 Å². The lowest BCUT2D eigenvalue weighted by Crippen LogP contribution is -2.36. The molecule has 138 valence electrons. The third-order valence-electron chi connectivity index (χ3n) is 4.85.